The first kappa shape index (κ1) is 24.1. The number of anilines is 1. The number of methoxy groups -OCH3 is 1. The van der Waals surface area contributed by atoms with E-state index in [4.69, 9.17) is 9.15 Å². The Kier molecular flexibility index (Phi) is 6.65. The molecule has 4 nitrogen and oxygen atoms in total. The van der Waals surface area contributed by atoms with E-state index < -0.39 is 0 Å². The van der Waals surface area contributed by atoms with Crippen LogP contribution in [0.1, 0.15) is 23.6 Å². The average Bonchev–Trinajstić information content (AvgIpc) is 3.33. The van der Waals surface area contributed by atoms with Gasteiger partial charge in [-0.1, -0.05) is 72.3 Å². The Labute approximate surface area is 217 Å². The van der Waals surface area contributed by atoms with E-state index >= 15 is 0 Å². The molecule has 1 aromatic heterocycles. The molecule has 0 aliphatic heterocycles. The monoisotopic (exact) mass is 487 g/mol. The third-order valence-electron chi connectivity index (χ3n) is 6.61. The summed E-state index contributed by atoms with van der Waals surface area (Å²) in [5, 5.41) is 3.95. The Morgan fingerprint density at radius 3 is 2.27 bits per heavy atom. The smallest absolute Gasteiger partial charge is 0.248 e. The number of fused-ring (bicyclic) bond motifs is 1. The summed E-state index contributed by atoms with van der Waals surface area (Å²) in [5.74, 6) is 0.469. The van der Waals surface area contributed by atoms with Gasteiger partial charge < -0.3 is 14.5 Å². The molecule has 0 spiro atoms. The van der Waals surface area contributed by atoms with Crippen molar-refractivity contribution >= 4 is 28.1 Å². The van der Waals surface area contributed by atoms with Gasteiger partial charge >= 0.3 is 0 Å². The number of carbonyl (C=O) groups is 1. The minimum atomic E-state index is -0.185. The fourth-order valence-corrected chi connectivity index (χ4v) is 4.63. The van der Waals surface area contributed by atoms with Crippen LogP contribution in [0.5, 0.6) is 5.75 Å². The normalized spacial score (nSPS) is 11.5. The number of amides is 1. The Bertz CT molecular complexity index is 1610. The summed E-state index contributed by atoms with van der Waals surface area (Å²) in [6, 6.07) is 28.7. The van der Waals surface area contributed by atoms with Crippen molar-refractivity contribution in [1.82, 2.24) is 0 Å². The molecule has 5 rings (SSSR count). The molecule has 184 valence electrons. The third kappa shape index (κ3) is 5.05. The first-order valence-electron chi connectivity index (χ1n) is 12.2. The van der Waals surface area contributed by atoms with Gasteiger partial charge in [-0.15, -0.1) is 0 Å². The molecule has 0 atom stereocenters. The predicted octanol–water partition coefficient (Wildman–Crippen LogP) is 8.43. The number of rotatable bonds is 6. The highest BCUT2D eigenvalue weighted by molar-refractivity contribution is 6.05. The van der Waals surface area contributed by atoms with E-state index in [-0.39, 0.29) is 5.91 Å². The highest BCUT2D eigenvalue weighted by Crippen LogP contribution is 2.38. The molecule has 0 aliphatic carbocycles. The molecule has 1 N–H and O–H groups in total. The number of hydrogen-bond donors (Lipinski definition) is 1. The summed E-state index contributed by atoms with van der Waals surface area (Å²) in [7, 11) is 1.62. The summed E-state index contributed by atoms with van der Waals surface area (Å²) in [6.07, 6.45) is 3.38. The zero-order valence-electron chi connectivity index (χ0n) is 21.5. The first-order chi connectivity index (χ1) is 17.9. The molecule has 37 heavy (non-hydrogen) atoms. The van der Waals surface area contributed by atoms with Crippen LogP contribution >= 0.6 is 0 Å². The average molecular weight is 488 g/mol. The maximum Gasteiger partial charge on any atom is 0.248 e. The lowest BCUT2D eigenvalue weighted by atomic mass is 9.97. The number of carbonyl (C=O) groups excluding carboxylic acids is 1. The van der Waals surface area contributed by atoms with Crippen molar-refractivity contribution in [2.75, 3.05) is 12.4 Å². The van der Waals surface area contributed by atoms with E-state index in [1.165, 1.54) is 5.56 Å². The Morgan fingerprint density at radius 2 is 1.57 bits per heavy atom. The van der Waals surface area contributed by atoms with Crippen LogP contribution in [0.25, 0.3) is 38.8 Å². The van der Waals surface area contributed by atoms with Crippen LogP contribution < -0.4 is 10.1 Å². The molecule has 0 radical (unpaired) electrons. The Hall–Kier alpha value is -4.57. The maximum absolute atomic E-state index is 12.8. The number of ether oxygens (including phenoxy) is 1. The van der Waals surface area contributed by atoms with Crippen LogP contribution in [0.2, 0.25) is 0 Å². The van der Waals surface area contributed by atoms with E-state index in [1.807, 2.05) is 63.2 Å². The van der Waals surface area contributed by atoms with Crippen LogP contribution in [-0.2, 0) is 4.79 Å². The van der Waals surface area contributed by atoms with Gasteiger partial charge in [-0.05, 0) is 60.7 Å². The predicted molar refractivity (Wildman–Crippen MR) is 152 cm³/mol. The highest BCUT2D eigenvalue weighted by Gasteiger charge is 2.15. The van der Waals surface area contributed by atoms with Crippen molar-refractivity contribution in [1.29, 1.82) is 0 Å². The van der Waals surface area contributed by atoms with Gasteiger partial charge in [0, 0.05) is 34.3 Å². The van der Waals surface area contributed by atoms with Crippen molar-refractivity contribution in [2.24, 2.45) is 0 Å². The van der Waals surface area contributed by atoms with E-state index in [2.05, 4.69) is 47.8 Å². The minimum Gasteiger partial charge on any atom is -0.496 e. The molecule has 0 saturated carbocycles. The van der Waals surface area contributed by atoms with Crippen molar-refractivity contribution in [3.8, 4) is 28.0 Å². The maximum atomic E-state index is 12.8. The molecule has 4 heteroatoms. The van der Waals surface area contributed by atoms with Crippen molar-refractivity contribution in [3.63, 3.8) is 0 Å². The number of allylic oxidation sites excluding steroid dienone is 1. The molecule has 1 amide bonds. The fourth-order valence-electron chi connectivity index (χ4n) is 4.63. The second-order valence-corrected chi connectivity index (χ2v) is 9.28. The molecule has 1 heterocycles. The van der Waals surface area contributed by atoms with Crippen LogP contribution in [0.3, 0.4) is 0 Å². The van der Waals surface area contributed by atoms with Gasteiger partial charge in [-0.3, -0.25) is 4.79 Å². The third-order valence-corrected chi connectivity index (χ3v) is 6.61. The Balaban J connectivity index is 1.47. The molecule has 5 aromatic rings. The molecular weight excluding hydrogens is 458 g/mol. The second-order valence-electron chi connectivity index (χ2n) is 9.28. The lowest BCUT2D eigenvalue weighted by Gasteiger charge is -2.11. The number of benzene rings is 4. The lowest BCUT2D eigenvalue weighted by molar-refractivity contribution is -0.111. The largest absolute Gasteiger partial charge is 0.496 e. The summed E-state index contributed by atoms with van der Waals surface area (Å²) >= 11 is 0. The Morgan fingerprint density at radius 1 is 0.865 bits per heavy atom. The SMILES string of the molecule is COc1cc2occ(-c3ccc(-c4ccccc4)cc3)c2cc1/C(C)=C/C(=O)Nc1ccc(C)cc1C. The van der Waals surface area contributed by atoms with Crippen LogP contribution in [0, 0.1) is 13.8 Å². The van der Waals surface area contributed by atoms with Gasteiger partial charge in [-0.2, -0.15) is 0 Å². The van der Waals surface area contributed by atoms with Gasteiger partial charge in [0.2, 0.25) is 5.91 Å². The number of hydrogen-bond acceptors (Lipinski definition) is 3. The van der Waals surface area contributed by atoms with Gasteiger partial charge in [0.1, 0.15) is 11.3 Å². The molecule has 0 aliphatic rings. The zero-order chi connectivity index (χ0) is 25.9. The van der Waals surface area contributed by atoms with Crippen LogP contribution in [0.15, 0.2) is 102 Å². The van der Waals surface area contributed by atoms with Gasteiger partial charge in [0.15, 0.2) is 0 Å². The number of furan rings is 1. The molecule has 4 aromatic carbocycles. The molecule has 0 unspecified atom stereocenters. The highest BCUT2D eigenvalue weighted by atomic mass is 16.5. The van der Waals surface area contributed by atoms with Gasteiger partial charge in [0.25, 0.3) is 0 Å². The summed E-state index contributed by atoms with van der Waals surface area (Å²) in [6.45, 7) is 5.94. The van der Waals surface area contributed by atoms with Crippen molar-refractivity contribution < 1.29 is 13.9 Å². The zero-order valence-corrected chi connectivity index (χ0v) is 21.5. The van der Waals surface area contributed by atoms with Crippen molar-refractivity contribution in [3.05, 3.63) is 114 Å². The molecular formula is C33H29NO3. The van der Waals surface area contributed by atoms with E-state index in [1.54, 1.807) is 19.4 Å². The van der Waals surface area contributed by atoms with E-state index in [0.717, 1.165) is 55.6 Å². The van der Waals surface area contributed by atoms with E-state index in [0.29, 0.717) is 5.75 Å². The molecule has 0 saturated heterocycles. The lowest BCUT2D eigenvalue weighted by Crippen LogP contribution is -2.10. The summed E-state index contributed by atoms with van der Waals surface area (Å²) < 4.78 is 11.6. The second kappa shape index (κ2) is 10.2. The van der Waals surface area contributed by atoms with Gasteiger partial charge in [-0.25, -0.2) is 0 Å². The minimum absolute atomic E-state index is 0.185. The van der Waals surface area contributed by atoms with Gasteiger partial charge in [0.05, 0.1) is 13.4 Å². The standard InChI is InChI=1S/C33H29NO3/c1-21-10-15-30(23(3)16-21)34-33(35)17-22(2)27-18-28-29(20-37-32(28)19-31(27)36-4)26-13-11-25(12-14-26)24-8-6-5-7-9-24/h5-20H,1-4H3,(H,34,35)/b22-17+. The summed E-state index contributed by atoms with van der Waals surface area (Å²) in [4.78, 5) is 12.8. The topological polar surface area (TPSA) is 51.5 Å². The van der Waals surface area contributed by atoms with Crippen LogP contribution in [0.4, 0.5) is 5.69 Å². The van der Waals surface area contributed by atoms with Crippen molar-refractivity contribution in [2.45, 2.75) is 20.8 Å². The first-order valence-corrected chi connectivity index (χ1v) is 12.2. The van der Waals surface area contributed by atoms with Crippen LogP contribution in [-0.4, -0.2) is 13.0 Å². The number of nitrogens with one attached hydrogen (secondary N) is 1. The summed E-state index contributed by atoms with van der Waals surface area (Å²) in [5.41, 5.74) is 9.75. The molecule has 0 fully saturated rings. The fraction of sp³-hybridized carbons (Fsp3) is 0.121. The number of aryl methyl sites for hydroxylation is 2. The molecule has 0 bridgehead atoms. The van der Waals surface area contributed by atoms with E-state index in [9.17, 15) is 4.79 Å². The quantitative estimate of drug-likeness (QED) is 0.245.